The molecule has 0 saturated heterocycles. The molecule has 380 valence electrons. The van der Waals surface area contributed by atoms with E-state index < -0.39 is 47.6 Å². The van der Waals surface area contributed by atoms with Gasteiger partial charge in [0.2, 0.25) is 0 Å². The topological polar surface area (TPSA) is 284 Å². The fourth-order valence-corrected chi connectivity index (χ4v) is 9.44. The van der Waals surface area contributed by atoms with E-state index in [9.17, 15) is 46.1 Å². The number of azo groups is 2. The van der Waals surface area contributed by atoms with Gasteiger partial charge in [0.25, 0.3) is 26.1 Å². The fraction of sp³-hybridized carbons (Fsp3) is 0.115. The molecule has 8 aromatic carbocycles. The van der Waals surface area contributed by atoms with E-state index in [1.165, 1.54) is 32.0 Å². The number of carbonyl (C=O) groups is 1. The third-order valence-electron chi connectivity index (χ3n) is 10.9. The van der Waals surface area contributed by atoms with E-state index in [0.717, 1.165) is 12.1 Å². The molecule has 23 heteroatoms. The zero-order chi connectivity index (χ0) is 53.5. The van der Waals surface area contributed by atoms with Crippen LogP contribution in [0.3, 0.4) is 0 Å². The van der Waals surface area contributed by atoms with Crippen LogP contribution in [-0.2, 0) is 20.2 Å². The predicted molar refractivity (Wildman–Crippen MR) is 284 cm³/mol. The van der Waals surface area contributed by atoms with Crippen LogP contribution in [0.5, 0.6) is 23.0 Å². The van der Waals surface area contributed by atoms with E-state index in [4.69, 9.17) is 32.7 Å². The van der Waals surface area contributed by atoms with E-state index in [0.29, 0.717) is 57.6 Å². The van der Waals surface area contributed by atoms with Gasteiger partial charge in [-0.3, -0.25) is 18.9 Å². The van der Waals surface area contributed by atoms with Gasteiger partial charge in [-0.1, -0.05) is 89.6 Å². The number of phenols is 1. The summed E-state index contributed by atoms with van der Waals surface area (Å²) in [5, 5.41) is 58.5. The fourth-order valence-electron chi connectivity index (χ4n) is 7.30. The number of fused-ring (bicyclic) bond motifs is 2. The van der Waals surface area contributed by atoms with Gasteiger partial charge in [0.05, 0.1) is 51.6 Å². The van der Waals surface area contributed by atoms with Gasteiger partial charge in [0.1, 0.15) is 27.0 Å². The number of amides is 1. The van der Waals surface area contributed by atoms with Crippen molar-refractivity contribution in [2.24, 2.45) is 25.4 Å². The number of aliphatic imine (C=N–C) groups is 1. The monoisotopic (exact) mass is 1210 g/mol. The van der Waals surface area contributed by atoms with Gasteiger partial charge in [-0.05, 0) is 122 Å². The Balaban J connectivity index is 0.000000241. The molecular weight excluding hydrogens is 1170 g/mol. The smallest absolute Gasteiger partial charge is 0.871 e. The third kappa shape index (κ3) is 13.7. The minimum atomic E-state index is -4.53. The maximum atomic E-state index is 13.3. The molecule has 8 rings (SSSR count). The standard InChI is InChI=1S/2C26H22ClN3O6S.Ba/c2*1-3-36-18-9-6-8-17(14-18)28-26(32)20-13-16-7-4-5-10-19(16)24(25(20)31)30-29-21-11-12-22(37(33,34)35)23(27)15(21)2;/h2*4-14,31H,3H2,1-2H3,(H,28,32)(H,33,34,35);/q;;+2/p-2. The minimum absolute atomic E-state index is 0. The summed E-state index contributed by atoms with van der Waals surface area (Å²) in [5.41, 5.74) is 1.43. The Hall–Kier alpha value is -6.41. The Morgan fingerprint density at radius 1 is 0.627 bits per heavy atom. The van der Waals surface area contributed by atoms with Gasteiger partial charge in [-0.15, -0.1) is 5.11 Å². The molecule has 0 aromatic heterocycles. The normalized spacial score (nSPS) is 11.9. The second-order valence-corrected chi connectivity index (χ2v) is 19.4. The molecule has 0 unspecified atom stereocenters. The van der Waals surface area contributed by atoms with Crippen molar-refractivity contribution in [3.05, 3.63) is 166 Å². The summed E-state index contributed by atoms with van der Waals surface area (Å²) in [6.45, 7) is 7.63. The van der Waals surface area contributed by atoms with Gasteiger partial charge in [0.15, 0.2) is 5.75 Å². The SMILES string of the molecule is CCOc1cccc(N=C([O-])c2cc3ccccc3c(N=Nc3ccc(S(=O)(=O)O)c(Cl)c3C)c2[O-])c1.CCOc1cccc(NC(=O)c2cc3ccccc3c(N=Nc3ccc(S(=O)(=O)O)c(Cl)c3C)c2O)c1.[Ba+2]. The number of hydrogen-bond acceptors (Lipinski definition) is 15. The summed E-state index contributed by atoms with van der Waals surface area (Å²) in [4.78, 5) is 16.3. The first-order chi connectivity index (χ1) is 35.2. The summed E-state index contributed by atoms with van der Waals surface area (Å²) in [5.74, 6) is -1.25. The van der Waals surface area contributed by atoms with Crippen molar-refractivity contribution in [2.75, 3.05) is 18.5 Å². The summed E-state index contributed by atoms with van der Waals surface area (Å²) in [6, 6.07) is 35.2. The Kier molecular flexibility index (Phi) is 19.3. The molecule has 0 bridgehead atoms. The first kappa shape index (κ1) is 57.9. The van der Waals surface area contributed by atoms with Crippen LogP contribution in [-0.4, -0.2) is 105 Å². The Morgan fingerprint density at radius 3 is 1.64 bits per heavy atom. The Bertz CT molecular complexity index is 3830. The van der Waals surface area contributed by atoms with Crippen LogP contribution in [0.15, 0.2) is 169 Å². The second-order valence-electron chi connectivity index (χ2n) is 15.8. The Morgan fingerprint density at radius 2 is 1.11 bits per heavy atom. The van der Waals surface area contributed by atoms with Crippen molar-refractivity contribution >= 4 is 160 Å². The molecule has 0 aliphatic rings. The zero-order valence-electron chi connectivity index (χ0n) is 40.1. The number of aromatic hydroxyl groups is 1. The molecule has 0 saturated carbocycles. The molecule has 0 heterocycles. The number of rotatable bonds is 14. The van der Waals surface area contributed by atoms with Crippen LogP contribution in [0.2, 0.25) is 10.0 Å². The van der Waals surface area contributed by atoms with Crippen molar-refractivity contribution < 1.29 is 55.5 Å². The van der Waals surface area contributed by atoms with E-state index >= 15 is 0 Å². The number of nitrogens with zero attached hydrogens (tertiary/aromatic N) is 5. The predicted octanol–water partition coefficient (Wildman–Crippen LogP) is 11.8. The van der Waals surface area contributed by atoms with Crippen LogP contribution in [0.4, 0.5) is 34.1 Å². The molecule has 75 heavy (non-hydrogen) atoms. The van der Waals surface area contributed by atoms with E-state index in [1.807, 2.05) is 13.8 Å². The number of halogens is 2. The molecule has 0 radical (unpaired) electrons. The molecule has 1 amide bonds. The maximum absolute atomic E-state index is 13.3. The third-order valence-corrected chi connectivity index (χ3v) is 13.9. The maximum Gasteiger partial charge on any atom is 2.00 e. The summed E-state index contributed by atoms with van der Waals surface area (Å²) in [6.07, 6.45) is 0. The molecular formula is C52H42BaCl2N6O12S2. The molecule has 0 spiro atoms. The molecule has 18 nitrogen and oxygen atoms in total. The van der Waals surface area contributed by atoms with Gasteiger partial charge in [-0.2, -0.15) is 32.2 Å². The number of hydrogen-bond donors (Lipinski definition) is 4. The van der Waals surface area contributed by atoms with Crippen LogP contribution in [0.1, 0.15) is 40.9 Å². The zero-order valence-corrected chi connectivity index (χ0v) is 47.7. The summed E-state index contributed by atoms with van der Waals surface area (Å²) < 4.78 is 75.6. The van der Waals surface area contributed by atoms with Gasteiger partial charge < -0.3 is 30.1 Å². The Labute approximate surface area is 481 Å². The average Bonchev–Trinajstić information content (AvgIpc) is 3.35. The van der Waals surface area contributed by atoms with E-state index in [2.05, 4.69) is 30.8 Å². The van der Waals surface area contributed by atoms with Crippen molar-refractivity contribution in [1.29, 1.82) is 0 Å². The van der Waals surface area contributed by atoms with Crippen LogP contribution >= 0.6 is 23.2 Å². The van der Waals surface area contributed by atoms with Crippen LogP contribution in [0.25, 0.3) is 21.5 Å². The number of ether oxygens (including phenoxy) is 2. The molecule has 0 aliphatic carbocycles. The first-order valence-corrected chi connectivity index (χ1v) is 25.7. The largest absolute Gasteiger partial charge is 2.00 e. The van der Waals surface area contributed by atoms with Gasteiger partial charge in [0, 0.05) is 28.6 Å². The van der Waals surface area contributed by atoms with Crippen LogP contribution in [0, 0.1) is 13.8 Å². The van der Waals surface area contributed by atoms with Gasteiger partial charge >= 0.3 is 48.9 Å². The van der Waals surface area contributed by atoms with Crippen LogP contribution < -0.4 is 25.0 Å². The van der Waals surface area contributed by atoms with Crippen molar-refractivity contribution in [2.45, 2.75) is 37.5 Å². The molecule has 0 fully saturated rings. The molecule has 4 N–H and O–H groups in total. The molecule has 0 atom stereocenters. The van der Waals surface area contributed by atoms with Crippen molar-refractivity contribution in [1.82, 2.24) is 0 Å². The van der Waals surface area contributed by atoms with E-state index in [1.54, 1.807) is 103 Å². The van der Waals surface area contributed by atoms with Crippen molar-refractivity contribution in [3.8, 4) is 23.0 Å². The first-order valence-electron chi connectivity index (χ1n) is 22.1. The molecule has 0 aliphatic heterocycles. The quantitative estimate of drug-likeness (QED) is 0.0260. The number of carbonyl (C=O) groups excluding carboxylic acids is 1. The number of benzene rings is 8. The molecule has 8 aromatic rings. The average molecular weight is 1220 g/mol. The number of nitrogens with one attached hydrogen (secondary N) is 1. The minimum Gasteiger partial charge on any atom is -0.871 e. The number of phenolic OH excluding ortho intramolecular Hbond substituents is 1. The summed E-state index contributed by atoms with van der Waals surface area (Å²) in [7, 11) is -9.05. The van der Waals surface area contributed by atoms with E-state index in [-0.39, 0.29) is 110 Å². The van der Waals surface area contributed by atoms with Gasteiger partial charge in [-0.25, -0.2) is 0 Å². The number of anilines is 1. The van der Waals surface area contributed by atoms with Crippen molar-refractivity contribution in [3.63, 3.8) is 0 Å². The second kappa shape index (κ2) is 25.0. The summed E-state index contributed by atoms with van der Waals surface area (Å²) >= 11 is 12.2.